The van der Waals surface area contributed by atoms with E-state index in [1.807, 2.05) is 13.0 Å². The average Bonchev–Trinajstić information content (AvgIpc) is 3.45. The zero-order valence-electron chi connectivity index (χ0n) is 24.0. The second kappa shape index (κ2) is 14.2. The molecule has 2 aliphatic rings. The molecular formula is C33H37ClF2N4O4. The number of rotatable bonds is 7. The van der Waals surface area contributed by atoms with Gasteiger partial charge >= 0.3 is 6.09 Å². The zero-order chi connectivity index (χ0) is 30.7. The van der Waals surface area contributed by atoms with Gasteiger partial charge in [-0.05, 0) is 80.8 Å². The fourth-order valence-corrected chi connectivity index (χ4v) is 6.10. The highest BCUT2D eigenvalue weighted by Gasteiger charge is 2.43. The number of hydrogen-bond donors (Lipinski definition) is 0. The summed E-state index contributed by atoms with van der Waals surface area (Å²) in [6.07, 6.45) is 2.21. The summed E-state index contributed by atoms with van der Waals surface area (Å²) in [5, 5.41) is -0.0321. The van der Waals surface area contributed by atoms with Crippen LogP contribution >= 0.6 is 11.6 Å². The van der Waals surface area contributed by atoms with Crippen LogP contribution < -0.4 is 9.64 Å². The number of piperidine rings is 1. The number of likely N-dealkylation sites (N-methyl/N-ethyl adjacent to an activating group) is 1. The molecule has 0 saturated carbocycles. The third-order valence-electron chi connectivity index (χ3n) is 8.29. The van der Waals surface area contributed by atoms with Crippen LogP contribution in [0.25, 0.3) is 0 Å². The first-order chi connectivity index (χ1) is 20.6. The highest BCUT2D eigenvalue weighted by molar-refractivity contribution is 6.30. The normalized spacial score (nSPS) is 18.5. The van der Waals surface area contributed by atoms with E-state index in [1.165, 1.54) is 37.3 Å². The predicted octanol–water partition coefficient (Wildman–Crippen LogP) is 6.58. The first kappa shape index (κ1) is 32.9. The van der Waals surface area contributed by atoms with E-state index in [0.29, 0.717) is 44.6 Å². The smallest absolute Gasteiger partial charge is 0.410 e. The minimum Gasteiger partial charge on any atom is -0.410 e. The standard InChI is InChI=1S/C32H33ClF2N4O4.CH4/c1-3-39(32(42)43-25-8-6-24(34)7-9-25)29-19-38(18-26(29)22-4-10-28(35)27(33)16-22)31(41)21-12-14-37(15-13-21)30-11-5-23(17-36-30)20(2)40;/h4-11,16-17,21,26,29H,3,12-15,18-19H2,1-2H3;1H4/t26-,29+;/m0./s1. The number of carbonyl (C=O) groups excluding carboxylic acids is 3. The molecule has 3 heterocycles. The summed E-state index contributed by atoms with van der Waals surface area (Å²) in [4.78, 5) is 48.6. The number of nitrogens with zero attached hydrogens (tertiary/aromatic N) is 4. The van der Waals surface area contributed by atoms with E-state index >= 15 is 0 Å². The Labute approximate surface area is 261 Å². The number of Topliss-reactive ketones (excluding diaryl/α,β-unsaturated/α-hetero) is 1. The Kier molecular flexibility index (Phi) is 10.6. The molecule has 0 unspecified atom stereocenters. The van der Waals surface area contributed by atoms with Crippen molar-refractivity contribution in [2.24, 2.45) is 5.92 Å². The van der Waals surface area contributed by atoms with Crippen molar-refractivity contribution >= 4 is 35.2 Å². The molecule has 0 radical (unpaired) electrons. The lowest BCUT2D eigenvalue weighted by Gasteiger charge is -2.34. The summed E-state index contributed by atoms with van der Waals surface area (Å²) in [7, 11) is 0. The number of halogens is 3. The molecule has 11 heteroatoms. The fraction of sp³-hybridized carbons (Fsp3) is 0.394. The second-order valence-electron chi connectivity index (χ2n) is 10.9. The first-order valence-corrected chi connectivity index (χ1v) is 14.7. The third kappa shape index (κ3) is 7.18. The van der Waals surface area contributed by atoms with Crippen molar-refractivity contribution in [3.05, 3.63) is 88.6 Å². The SMILES string of the molecule is C.CCN(C(=O)Oc1ccc(F)cc1)[C@@H]1CN(C(=O)C2CCN(c3ccc(C(C)=O)cn3)CC2)C[C@H]1c1ccc(F)c(Cl)c1. The molecule has 234 valence electrons. The molecule has 2 aromatic carbocycles. The molecule has 2 fully saturated rings. The Morgan fingerprint density at radius 2 is 1.73 bits per heavy atom. The summed E-state index contributed by atoms with van der Waals surface area (Å²) in [6, 6.07) is 12.8. The van der Waals surface area contributed by atoms with Gasteiger partial charge in [0.1, 0.15) is 23.2 Å². The van der Waals surface area contributed by atoms with E-state index in [1.54, 1.807) is 34.2 Å². The zero-order valence-corrected chi connectivity index (χ0v) is 24.8. The Balaban J connectivity index is 0.00000442. The van der Waals surface area contributed by atoms with Crippen molar-refractivity contribution in [1.82, 2.24) is 14.8 Å². The Morgan fingerprint density at radius 1 is 1.02 bits per heavy atom. The van der Waals surface area contributed by atoms with Crippen LogP contribution in [0.5, 0.6) is 5.75 Å². The average molecular weight is 627 g/mol. The van der Waals surface area contributed by atoms with Crippen LogP contribution in [0, 0.1) is 17.6 Å². The number of likely N-dealkylation sites (tertiary alicyclic amines) is 1. The van der Waals surface area contributed by atoms with Crippen LogP contribution in [0.15, 0.2) is 60.8 Å². The molecule has 2 saturated heterocycles. The molecule has 8 nitrogen and oxygen atoms in total. The van der Waals surface area contributed by atoms with Crippen molar-refractivity contribution in [3.63, 3.8) is 0 Å². The van der Waals surface area contributed by atoms with Gasteiger partial charge in [0.15, 0.2) is 5.78 Å². The van der Waals surface area contributed by atoms with Crippen LogP contribution in [0.4, 0.5) is 19.4 Å². The Bertz CT molecular complexity index is 1480. The van der Waals surface area contributed by atoms with Crippen molar-refractivity contribution < 1.29 is 27.9 Å². The Morgan fingerprint density at radius 3 is 2.32 bits per heavy atom. The second-order valence-corrected chi connectivity index (χ2v) is 11.3. The van der Waals surface area contributed by atoms with E-state index in [0.717, 1.165) is 11.4 Å². The number of amides is 2. The largest absolute Gasteiger partial charge is 0.415 e. The van der Waals surface area contributed by atoms with Gasteiger partial charge in [-0.1, -0.05) is 25.1 Å². The van der Waals surface area contributed by atoms with E-state index < -0.39 is 23.8 Å². The molecular weight excluding hydrogens is 590 g/mol. The molecule has 1 aromatic heterocycles. The molecule has 2 amide bonds. The molecule has 2 aliphatic heterocycles. The topological polar surface area (TPSA) is 83.0 Å². The molecule has 5 rings (SSSR count). The molecule has 2 atom stereocenters. The van der Waals surface area contributed by atoms with Gasteiger partial charge in [-0.3, -0.25) is 9.59 Å². The van der Waals surface area contributed by atoms with Crippen LogP contribution in [0.2, 0.25) is 5.02 Å². The van der Waals surface area contributed by atoms with Gasteiger partial charge in [0.05, 0.1) is 11.1 Å². The van der Waals surface area contributed by atoms with Crippen molar-refractivity contribution in [2.75, 3.05) is 37.6 Å². The Hall–Kier alpha value is -4.05. The lowest BCUT2D eigenvalue weighted by Crippen LogP contribution is -2.47. The first-order valence-electron chi connectivity index (χ1n) is 14.3. The van der Waals surface area contributed by atoms with Crippen LogP contribution in [-0.2, 0) is 4.79 Å². The minimum absolute atomic E-state index is 0. The maximum atomic E-state index is 14.0. The predicted molar refractivity (Wildman–Crippen MR) is 165 cm³/mol. The summed E-state index contributed by atoms with van der Waals surface area (Å²) in [6.45, 7) is 5.51. The maximum Gasteiger partial charge on any atom is 0.415 e. The molecule has 0 N–H and O–H groups in total. The molecule has 0 bridgehead atoms. The summed E-state index contributed by atoms with van der Waals surface area (Å²) in [5.74, 6) is -0.594. The number of benzene rings is 2. The number of pyridine rings is 1. The van der Waals surface area contributed by atoms with Gasteiger partial charge in [-0.2, -0.15) is 0 Å². The van der Waals surface area contributed by atoms with Gasteiger partial charge in [-0.15, -0.1) is 0 Å². The lowest BCUT2D eigenvalue weighted by atomic mass is 9.93. The van der Waals surface area contributed by atoms with E-state index in [9.17, 15) is 23.2 Å². The quantitative estimate of drug-likeness (QED) is 0.276. The van der Waals surface area contributed by atoms with Gasteiger partial charge < -0.3 is 19.4 Å². The maximum absolute atomic E-state index is 14.0. The van der Waals surface area contributed by atoms with Crippen LogP contribution in [0.3, 0.4) is 0 Å². The minimum atomic E-state index is -0.622. The van der Waals surface area contributed by atoms with Crippen molar-refractivity contribution in [2.45, 2.75) is 46.1 Å². The number of hydrogen-bond acceptors (Lipinski definition) is 6. The molecule has 3 aromatic rings. The number of anilines is 1. The summed E-state index contributed by atoms with van der Waals surface area (Å²) in [5.41, 5.74) is 1.27. The van der Waals surface area contributed by atoms with Gasteiger partial charge in [0.25, 0.3) is 0 Å². The van der Waals surface area contributed by atoms with Crippen molar-refractivity contribution in [3.8, 4) is 5.75 Å². The van der Waals surface area contributed by atoms with E-state index in [-0.39, 0.29) is 48.3 Å². The number of carbonyl (C=O) groups is 3. The molecule has 44 heavy (non-hydrogen) atoms. The van der Waals surface area contributed by atoms with Crippen LogP contribution in [0.1, 0.15) is 56.0 Å². The highest BCUT2D eigenvalue weighted by atomic mass is 35.5. The molecule has 0 spiro atoms. The fourth-order valence-electron chi connectivity index (χ4n) is 5.91. The van der Waals surface area contributed by atoms with Crippen molar-refractivity contribution in [1.29, 1.82) is 0 Å². The third-order valence-corrected chi connectivity index (χ3v) is 8.58. The van der Waals surface area contributed by atoms with Gasteiger partial charge in [0, 0.05) is 56.3 Å². The summed E-state index contributed by atoms with van der Waals surface area (Å²) < 4.78 is 33.0. The van der Waals surface area contributed by atoms with Gasteiger partial charge in [-0.25, -0.2) is 18.6 Å². The molecule has 0 aliphatic carbocycles. The number of aromatic nitrogens is 1. The number of ketones is 1. The highest BCUT2D eigenvalue weighted by Crippen LogP contribution is 2.35. The summed E-state index contributed by atoms with van der Waals surface area (Å²) >= 11 is 6.13. The monoisotopic (exact) mass is 626 g/mol. The lowest BCUT2D eigenvalue weighted by molar-refractivity contribution is -0.135. The van der Waals surface area contributed by atoms with E-state index in [2.05, 4.69) is 9.88 Å². The van der Waals surface area contributed by atoms with Gasteiger partial charge in [0.2, 0.25) is 5.91 Å². The van der Waals surface area contributed by atoms with E-state index in [4.69, 9.17) is 16.3 Å². The van der Waals surface area contributed by atoms with Crippen LogP contribution in [-0.4, -0.2) is 71.3 Å². The number of ether oxygens (including phenoxy) is 1.